The second kappa shape index (κ2) is 5.81. The maximum absolute atomic E-state index is 12.1. The van der Waals surface area contributed by atoms with Crippen molar-refractivity contribution < 1.29 is 4.79 Å². The van der Waals surface area contributed by atoms with Crippen LogP contribution in [0.2, 0.25) is 0 Å². The topological polar surface area (TPSA) is 80.0 Å². The average molecular weight is 276 g/mol. The summed E-state index contributed by atoms with van der Waals surface area (Å²) in [4.78, 5) is 16.4. The molecule has 0 spiro atoms. The molecule has 0 unspecified atom stereocenters. The third-order valence-corrected chi connectivity index (χ3v) is 3.61. The van der Waals surface area contributed by atoms with Gasteiger partial charge in [-0.05, 0) is 31.5 Å². The highest BCUT2D eigenvalue weighted by atomic mass is 32.1. The number of hydrogen-bond donors (Lipinski definition) is 3. The Labute approximate surface area is 115 Å². The van der Waals surface area contributed by atoms with E-state index >= 15 is 0 Å². The van der Waals surface area contributed by atoms with E-state index in [9.17, 15) is 4.79 Å². The molecular weight excluding hydrogens is 260 g/mol. The van der Waals surface area contributed by atoms with Crippen molar-refractivity contribution in [2.45, 2.75) is 20.4 Å². The van der Waals surface area contributed by atoms with Crippen LogP contribution in [0, 0.1) is 13.8 Å². The van der Waals surface area contributed by atoms with E-state index in [1.165, 1.54) is 11.3 Å². The van der Waals surface area contributed by atoms with Crippen LogP contribution in [-0.4, -0.2) is 10.9 Å². The van der Waals surface area contributed by atoms with Crippen molar-refractivity contribution in [3.63, 3.8) is 0 Å². The predicted molar refractivity (Wildman–Crippen MR) is 77.0 cm³/mol. The number of carbonyl (C=O) groups excluding carboxylic acids is 1. The SMILES string of the molecule is Cc1ccc(C(=O)NCc2nc(C)cs2)c(NN)c1. The molecule has 1 aromatic carbocycles. The molecule has 1 amide bonds. The van der Waals surface area contributed by atoms with E-state index in [1.54, 1.807) is 6.07 Å². The number of nitrogen functional groups attached to an aromatic ring is 1. The molecule has 1 aromatic heterocycles. The standard InChI is InChI=1S/C13H16N4OS/c1-8-3-4-10(11(5-8)17-14)13(18)15-6-12-16-9(2)7-19-12/h3-5,7,17H,6,14H2,1-2H3,(H,15,18). The van der Waals surface area contributed by atoms with Gasteiger partial charge in [-0.3, -0.25) is 10.6 Å². The highest BCUT2D eigenvalue weighted by Crippen LogP contribution is 2.16. The highest BCUT2D eigenvalue weighted by molar-refractivity contribution is 7.09. The number of carbonyl (C=O) groups is 1. The molecule has 4 N–H and O–H groups in total. The largest absolute Gasteiger partial charge is 0.345 e. The fourth-order valence-electron chi connectivity index (χ4n) is 1.71. The quantitative estimate of drug-likeness (QED) is 0.589. The lowest BCUT2D eigenvalue weighted by molar-refractivity contribution is 0.0951. The van der Waals surface area contributed by atoms with E-state index in [2.05, 4.69) is 15.7 Å². The monoisotopic (exact) mass is 276 g/mol. The van der Waals surface area contributed by atoms with E-state index in [0.717, 1.165) is 16.3 Å². The van der Waals surface area contributed by atoms with Crippen LogP contribution in [0.1, 0.15) is 26.6 Å². The predicted octanol–water partition coefficient (Wildman–Crippen LogP) is 1.98. The molecule has 1 heterocycles. The molecular formula is C13H16N4OS. The van der Waals surface area contributed by atoms with Crippen molar-refractivity contribution in [2.75, 3.05) is 5.43 Å². The van der Waals surface area contributed by atoms with Gasteiger partial charge in [0, 0.05) is 11.1 Å². The molecule has 0 aliphatic heterocycles. The van der Waals surface area contributed by atoms with Crippen molar-refractivity contribution in [2.24, 2.45) is 5.84 Å². The molecule has 0 saturated heterocycles. The molecule has 6 heteroatoms. The number of nitrogens with one attached hydrogen (secondary N) is 2. The first-order valence-corrected chi connectivity index (χ1v) is 6.74. The average Bonchev–Trinajstić information content (AvgIpc) is 2.81. The summed E-state index contributed by atoms with van der Waals surface area (Å²) >= 11 is 1.53. The number of nitrogens with two attached hydrogens (primary N) is 1. The fourth-order valence-corrected chi connectivity index (χ4v) is 2.42. The van der Waals surface area contributed by atoms with Crippen LogP contribution in [0.15, 0.2) is 23.6 Å². The van der Waals surface area contributed by atoms with Crippen molar-refractivity contribution >= 4 is 22.9 Å². The summed E-state index contributed by atoms with van der Waals surface area (Å²) in [7, 11) is 0. The minimum absolute atomic E-state index is 0.166. The Balaban J connectivity index is 2.07. The zero-order valence-corrected chi connectivity index (χ0v) is 11.7. The summed E-state index contributed by atoms with van der Waals surface area (Å²) in [5, 5.41) is 5.68. The number of hydrogen-bond acceptors (Lipinski definition) is 5. The third-order valence-electron chi connectivity index (χ3n) is 2.64. The molecule has 0 radical (unpaired) electrons. The van der Waals surface area contributed by atoms with Crippen LogP contribution in [-0.2, 0) is 6.54 Å². The number of aromatic nitrogens is 1. The van der Waals surface area contributed by atoms with Gasteiger partial charge < -0.3 is 10.7 Å². The Kier molecular flexibility index (Phi) is 4.13. The Morgan fingerprint density at radius 3 is 2.84 bits per heavy atom. The van der Waals surface area contributed by atoms with Gasteiger partial charge >= 0.3 is 0 Å². The number of thiazole rings is 1. The van der Waals surface area contributed by atoms with Gasteiger partial charge in [-0.15, -0.1) is 11.3 Å². The minimum atomic E-state index is -0.166. The second-order valence-electron chi connectivity index (χ2n) is 4.26. The van der Waals surface area contributed by atoms with Crippen molar-refractivity contribution in [1.82, 2.24) is 10.3 Å². The normalized spacial score (nSPS) is 10.3. The first-order valence-electron chi connectivity index (χ1n) is 5.86. The van der Waals surface area contributed by atoms with E-state index in [1.807, 2.05) is 31.4 Å². The van der Waals surface area contributed by atoms with E-state index < -0.39 is 0 Å². The van der Waals surface area contributed by atoms with E-state index in [-0.39, 0.29) is 5.91 Å². The van der Waals surface area contributed by atoms with Gasteiger partial charge in [0.2, 0.25) is 0 Å². The maximum Gasteiger partial charge on any atom is 0.253 e. The Morgan fingerprint density at radius 2 is 2.21 bits per heavy atom. The maximum atomic E-state index is 12.1. The number of rotatable bonds is 4. The molecule has 0 aliphatic carbocycles. The van der Waals surface area contributed by atoms with Crippen LogP contribution >= 0.6 is 11.3 Å². The number of amides is 1. The van der Waals surface area contributed by atoms with Gasteiger partial charge in [0.05, 0.1) is 17.8 Å². The number of hydrazine groups is 1. The first kappa shape index (κ1) is 13.5. The second-order valence-corrected chi connectivity index (χ2v) is 5.20. The van der Waals surface area contributed by atoms with Crippen molar-refractivity contribution in [3.05, 3.63) is 45.4 Å². The zero-order valence-electron chi connectivity index (χ0n) is 10.9. The number of nitrogens with zero attached hydrogens (tertiary/aromatic N) is 1. The van der Waals surface area contributed by atoms with Crippen LogP contribution in [0.25, 0.3) is 0 Å². The zero-order chi connectivity index (χ0) is 13.8. The summed E-state index contributed by atoms with van der Waals surface area (Å²) in [6, 6.07) is 5.47. The molecule has 5 nitrogen and oxygen atoms in total. The van der Waals surface area contributed by atoms with Crippen LogP contribution in [0.5, 0.6) is 0 Å². The van der Waals surface area contributed by atoms with Gasteiger partial charge in [0.1, 0.15) is 5.01 Å². The molecule has 0 fully saturated rings. The Morgan fingerprint density at radius 1 is 1.42 bits per heavy atom. The van der Waals surface area contributed by atoms with E-state index in [0.29, 0.717) is 17.8 Å². The lowest BCUT2D eigenvalue weighted by Gasteiger charge is -2.09. The summed E-state index contributed by atoms with van der Waals surface area (Å²) < 4.78 is 0. The van der Waals surface area contributed by atoms with Crippen LogP contribution in [0.3, 0.4) is 0 Å². The smallest absolute Gasteiger partial charge is 0.253 e. The Bertz CT molecular complexity index is 594. The molecule has 2 aromatic rings. The van der Waals surface area contributed by atoms with Gasteiger partial charge in [0.25, 0.3) is 5.91 Å². The summed E-state index contributed by atoms with van der Waals surface area (Å²) in [6.45, 7) is 4.30. The van der Waals surface area contributed by atoms with Gasteiger partial charge in [-0.2, -0.15) is 0 Å². The van der Waals surface area contributed by atoms with Crippen molar-refractivity contribution in [1.29, 1.82) is 0 Å². The molecule has 100 valence electrons. The Hall–Kier alpha value is -1.92. The van der Waals surface area contributed by atoms with Gasteiger partial charge in [-0.1, -0.05) is 6.07 Å². The molecule has 19 heavy (non-hydrogen) atoms. The number of anilines is 1. The highest BCUT2D eigenvalue weighted by Gasteiger charge is 2.11. The molecule has 0 atom stereocenters. The third kappa shape index (κ3) is 3.30. The minimum Gasteiger partial charge on any atom is -0.345 e. The lowest BCUT2D eigenvalue weighted by Crippen LogP contribution is -2.24. The first-order chi connectivity index (χ1) is 9.10. The molecule has 0 bridgehead atoms. The fraction of sp³-hybridized carbons (Fsp3) is 0.231. The number of aryl methyl sites for hydroxylation is 2. The number of benzene rings is 1. The van der Waals surface area contributed by atoms with Gasteiger partial charge in [0.15, 0.2) is 0 Å². The van der Waals surface area contributed by atoms with Crippen LogP contribution in [0.4, 0.5) is 5.69 Å². The van der Waals surface area contributed by atoms with E-state index in [4.69, 9.17) is 5.84 Å². The summed E-state index contributed by atoms with van der Waals surface area (Å²) in [5.41, 5.74) is 5.70. The summed E-state index contributed by atoms with van der Waals surface area (Å²) in [6.07, 6.45) is 0. The summed E-state index contributed by atoms with van der Waals surface area (Å²) in [5.74, 6) is 5.26. The van der Waals surface area contributed by atoms with Gasteiger partial charge in [-0.25, -0.2) is 4.98 Å². The van der Waals surface area contributed by atoms with Crippen molar-refractivity contribution in [3.8, 4) is 0 Å². The molecule has 2 rings (SSSR count). The lowest BCUT2D eigenvalue weighted by atomic mass is 10.1. The van der Waals surface area contributed by atoms with Crippen LogP contribution < -0.4 is 16.6 Å². The molecule has 0 saturated carbocycles. The molecule has 0 aliphatic rings.